The van der Waals surface area contributed by atoms with Gasteiger partial charge >= 0.3 is 0 Å². The molecule has 0 saturated carbocycles. The van der Waals surface area contributed by atoms with Crippen LogP contribution < -0.4 is 5.73 Å². The van der Waals surface area contributed by atoms with E-state index in [9.17, 15) is 4.79 Å². The molecule has 0 bridgehead atoms. The third-order valence-electron chi connectivity index (χ3n) is 2.76. The third-order valence-corrected chi connectivity index (χ3v) is 4.01. The summed E-state index contributed by atoms with van der Waals surface area (Å²) in [5, 5.41) is 18.8. The average Bonchev–Trinajstić information content (AvgIpc) is 2.53. The second kappa shape index (κ2) is 6.95. The van der Waals surface area contributed by atoms with E-state index in [0.717, 1.165) is 11.8 Å². The van der Waals surface area contributed by atoms with E-state index in [1.807, 2.05) is 12.1 Å². The van der Waals surface area contributed by atoms with Gasteiger partial charge < -0.3 is 5.73 Å². The molecule has 7 heteroatoms. The molecule has 0 aliphatic heterocycles. The SMILES string of the molecule is N#Cc1cc(C#N)c(SCC(=O)c2ccc(Cl)cc2)nc1N. The Balaban J connectivity index is 2.16. The van der Waals surface area contributed by atoms with E-state index in [-0.39, 0.29) is 28.5 Å². The van der Waals surface area contributed by atoms with Gasteiger partial charge in [0.25, 0.3) is 0 Å². The van der Waals surface area contributed by atoms with E-state index < -0.39 is 0 Å². The molecule has 2 rings (SSSR count). The summed E-state index contributed by atoms with van der Waals surface area (Å²) in [6.07, 6.45) is 0. The number of hydrogen-bond donors (Lipinski definition) is 1. The summed E-state index contributed by atoms with van der Waals surface area (Å²) in [4.78, 5) is 16.1. The van der Waals surface area contributed by atoms with Crippen molar-refractivity contribution in [3.05, 3.63) is 52.0 Å². The van der Waals surface area contributed by atoms with Gasteiger partial charge in [0.1, 0.15) is 23.0 Å². The highest BCUT2D eigenvalue weighted by Gasteiger charge is 2.13. The normalized spacial score (nSPS) is 9.77. The van der Waals surface area contributed by atoms with Crippen LogP contribution in [0.2, 0.25) is 5.02 Å². The van der Waals surface area contributed by atoms with Crippen molar-refractivity contribution in [2.75, 3.05) is 11.5 Å². The number of nitrogens with two attached hydrogens (primary N) is 1. The van der Waals surface area contributed by atoms with E-state index in [2.05, 4.69) is 4.98 Å². The maximum Gasteiger partial charge on any atom is 0.173 e. The van der Waals surface area contributed by atoms with Crippen molar-refractivity contribution in [2.45, 2.75) is 5.03 Å². The van der Waals surface area contributed by atoms with Crippen molar-refractivity contribution in [3.63, 3.8) is 0 Å². The molecule has 22 heavy (non-hydrogen) atoms. The monoisotopic (exact) mass is 328 g/mol. The predicted molar refractivity (Wildman–Crippen MR) is 84.6 cm³/mol. The van der Waals surface area contributed by atoms with Gasteiger partial charge in [-0.3, -0.25) is 4.79 Å². The number of carbonyl (C=O) groups excluding carboxylic acids is 1. The molecule has 0 amide bonds. The first-order valence-electron chi connectivity index (χ1n) is 6.07. The van der Waals surface area contributed by atoms with Gasteiger partial charge in [-0.15, -0.1) is 0 Å². The summed E-state index contributed by atoms with van der Waals surface area (Å²) in [6, 6.07) is 11.7. The zero-order valence-corrected chi connectivity index (χ0v) is 12.8. The molecule has 2 N–H and O–H groups in total. The number of nitrogens with zero attached hydrogens (tertiary/aromatic N) is 3. The second-order valence-corrected chi connectivity index (χ2v) is 5.62. The zero-order chi connectivity index (χ0) is 16.1. The summed E-state index contributed by atoms with van der Waals surface area (Å²) in [5.41, 5.74) is 6.52. The Labute approximate surface area is 136 Å². The number of carbonyl (C=O) groups is 1. The summed E-state index contributed by atoms with van der Waals surface area (Å²) in [5.74, 6) is 0.0347. The molecule has 1 heterocycles. The fraction of sp³-hybridized carbons (Fsp3) is 0.0667. The minimum Gasteiger partial charge on any atom is -0.383 e. The van der Waals surface area contributed by atoms with Crippen LogP contribution in [0.1, 0.15) is 21.5 Å². The Morgan fingerprint density at radius 1 is 1.23 bits per heavy atom. The highest BCUT2D eigenvalue weighted by atomic mass is 35.5. The lowest BCUT2D eigenvalue weighted by Crippen LogP contribution is -2.04. The zero-order valence-electron chi connectivity index (χ0n) is 11.2. The number of halogens is 1. The van der Waals surface area contributed by atoms with E-state index in [0.29, 0.717) is 15.6 Å². The maximum absolute atomic E-state index is 12.1. The Hall–Kier alpha value is -2.54. The van der Waals surface area contributed by atoms with E-state index in [4.69, 9.17) is 27.9 Å². The molecular formula is C15H9ClN4OS. The van der Waals surface area contributed by atoms with Gasteiger partial charge in [-0.1, -0.05) is 23.4 Å². The fourth-order valence-corrected chi connectivity index (χ4v) is 2.63. The Kier molecular flexibility index (Phi) is 5.00. The summed E-state index contributed by atoms with van der Waals surface area (Å²) in [6.45, 7) is 0. The van der Waals surface area contributed by atoms with Crippen LogP contribution in [-0.4, -0.2) is 16.5 Å². The third kappa shape index (κ3) is 3.56. The van der Waals surface area contributed by atoms with Crippen LogP contribution in [0, 0.1) is 22.7 Å². The molecule has 0 atom stereocenters. The lowest BCUT2D eigenvalue weighted by atomic mass is 10.1. The predicted octanol–water partition coefficient (Wildman–Crippen LogP) is 3.04. The number of benzene rings is 1. The number of nitrogen functional groups attached to an aromatic ring is 1. The van der Waals surface area contributed by atoms with Gasteiger partial charge in [-0.05, 0) is 30.3 Å². The number of ketones is 1. The Morgan fingerprint density at radius 2 is 1.86 bits per heavy atom. The standard InChI is InChI=1S/C15H9ClN4OS/c16-12-3-1-9(2-4-12)13(21)8-22-15-11(7-18)5-10(6-17)14(19)20-15/h1-5H,8H2,(H2,19,20). The number of thioether (sulfide) groups is 1. The van der Waals surface area contributed by atoms with E-state index >= 15 is 0 Å². The van der Waals surface area contributed by atoms with E-state index in [1.54, 1.807) is 24.3 Å². The van der Waals surface area contributed by atoms with Crippen molar-refractivity contribution in [1.82, 2.24) is 4.98 Å². The van der Waals surface area contributed by atoms with Crippen molar-refractivity contribution in [2.24, 2.45) is 0 Å². The number of hydrogen-bond acceptors (Lipinski definition) is 6. The fourth-order valence-electron chi connectivity index (χ4n) is 1.64. The van der Waals surface area contributed by atoms with Gasteiger partial charge in [0.2, 0.25) is 0 Å². The van der Waals surface area contributed by atoms with Gasteiger partial charge in [0, 0.05) is 10.6 Å². The minimum absolute atomic E-state index is 0.0444. The first kappa shape index (κ1) is 15.8. The highest BCUT2D eigenvalue weighted by Crippen LogP contribution is 2.24. The van der Waals surface area contributed by atoms with Crippen molar-refractivity contribution in [3.8, 4) is 12.1 Å². The summed E-state index contributed by atoms with van der Waals surface area (Å²) >= 11 is 6.88. The summed E-state index contributed by atoms with van der Waals surface area (Å²) in [7, 11) is 0. The number of pyridine rings is 1. The van der Waals surface area contributed by atoms with Crippen LogP contribution >= 0.6 is 23.4 Å². The quantitative estimate of drug-likeness (QED) is 0.683. The van der Waals surface area contributed by atoms with Crippen LogP contribution in [0.15, 0.2) is 35.4 Å². The van der Waals surface area contributed by atoms with Crippen molar-refractivity contribution < 1.29 is 4.79 Å². The molecule has 1 aromatic heterocycles. The molecule has 0 spiro atoms. The lowest BCUT2D eigenvalue weighted by Gasteiger charge is -2.05. The molecule has 0 radical (unpaired) electrons. The topological polar surface area (TPSA) is 104 Å². The first-order valence-corrected chi connectivity index (χ1v) is 7.43. The lowest BCUT2D eigenvalue weighted by molar-refractivity contribution is 0.102. The molecule has 108 valence electrons. The average molecular weight is 329 g/mol. The highest BCUT2D eigenvalue weighted by molar-refractivity contribution is 8.00. The molecule has 5 nitrogen and oxygen atoms in total. The maximum atomic E-state index is 12.1. The number of Topliss-reactive ketones (excluding diaryl/α,β-unsaturated/α-hetero) is 1. The van der Waals surface area contributed by atoms with Gasteiger partial charge in [0.05, 0.1) is 16.9 Å². The smallest absolute Gasteiger partial charge is 0.173 e. The van der Waals surface area contributed by atoms with E-state index in [1.165, 1.54) is 6.07 Å². The van der Waals surface area contributed by atoms with Crippen LogP contribution in [-0.2, 0) is 0 Å². The molecule has 1 aromatic carbocycles. The number of aromatic nitrogens is 1. The molecule has 0 aliphatic carbocycles. The summed E-state index contributed by atoms with van der Waals surface area (Å²) < 4.78 is 0. The minimum atomic E-state index is -0.115. The largest absolute Gasteiger partial charge is 0.383 e. The Bertz CT molecular complexity index is 806. The van der Waals surface area contributed by atoms with Crippen LogP contribution in [0.5, 0.6) is 0 Å². The first-order chi connectivity index (χ1) is 10.5. The Morgan fingerprint density at radius 3 is 2.45 bits per heavy atom. The molecule has 2 aromatic rings. The van der Waals surface area contributed by atoms with Crippen LogP contribution in [0.3, 0.4) is 0 Å². The molecule has 0 aliphatic rings. The second-order valence-electron chi connectivity index (χ2n) is 4.22. The van der Waals surface area contributed by atoms with Gasteiger partial charge in [-0.2, -0.15) is 10.5 Å². The van der Waals surface area contributed by atoms with Crippen LogP contribution in [0.25, 0.3) is 0 Å². The number of rotatable bonds is 4. The van der Waals surface area contributed by atoms with Crippen molar-refractivity contribution >= 4 is 35.0 Å². The molecule has 0 fully saturated rings. The molecule has 0 saturated heterocycles. The van der Waals surface area contributed by atoms with Crippen LogP contribution in [0.4, 0.5) is 5.82 Å². The number of nitriles is 2. The van der Waals surface area contributed by atoms with Crippen molar-refractivity contribution in [1.29, 1.82) is 10.5 Å². The van der Waals surface area contributed by atoms with Gasteiger partial charge in [-0.25, -0.2) is 4.98 Å². The number of anilines is 1. The molecular weight excluding hydrogens is 320 g/mol. The van der Waals surface area contributed by atoms with Gasteiger partial charge in [0.15, 0.2) is 5.78 Å². The molecule has 0 unspecified atom stereocenters.